The molecule has 1 aliphatic rings. The second kappa shape index (κ2) is 7.40. The summed E-state index contributed by atoms with van der Waals surface area (Å²) in [6.45, 7) is 1.10. The Kier molecular flexibility index (Phi) is 4.75. The summed E-state index contributed by atoms with van der Waals surface area (Å²) >= 11 is 0. The molecule has 0 aliphatic carbocycles. The Labute approximate surface area is 169 Å². The molecule has 1 N–H and O–H groups in total. The number of carboxylic acids is 1. The third-order valence-corrected chi connectivity index (χ3v) is 5.27. The molecule has 0 spiro atoms. The van der Waals surface area contributed by atoms with Gasteiger partial charge < -0.3 is 14.6 Å². The van der Waals surface area contributed by atoms with Crippen molar-refractivity contribution in [3.8, 4) is 6.07 Å². The van der Waals surface area contributed by atoms with Gasteiger partial charge in [-0.2, -0.15) is 5.26 Å². The third kappa shape index (κ3) is 3.18. The number of hydrogen-bond donors (Lipinski definition) is 1. The van der Waals surface area contributed by atoms with Gasteiger partial charge in [0.25, 0.3) is 0 Å². The number of aromatic carboxylic acids is 1. The normalized spacial score (nSPS) is 14.6. The van der Waals surface area contributed by atoms with Gasteiger partial charge >= 0.3 is 17.1 Å². The van der Waals surface area contributed by atoms with Gasteiger partial charge in [-0.25, -0.2) is 19.7 Å². The largest absolute Gasteiger partial charge is 0.478 e. The predicted molar refractivity (Wildman–Crippen MR) is 105 cm³/mol. The molecule has 0 bridgehead atoms. The lowest BCUT2D eigenvalue weighted by Crippen LogP contribution is -2.45. The number of carbonyl (C=O) groups is 1. The molecule has 11 heteroatoms. The average molecular weight is 407 g/mol. The summed E-state index contributed by atoms with van der Waals surface area (Å²) in [5.74, 6) is -0.664. The van der Waals surface area contributed by atoms with Gasteiger partial charge in [0.1, 0.15) is 6.07 Å². The monoisotopic (exact) mass is 407 g/mol. The van der Waals surface area contributed by atoms with Gasteiger partial charge in [0, 0.05) is 32.4 Å². The summed E-state index contributed by atoms with van der Waals surface area (Å²) in [5, 5.41) is 18.1. The number of nitriles is 1. The van der Waals surface area contributed by atoms with Crippen molar-refractivity contribution >= 4 is 23.1 Å². The highest BCUT2D eigenvalue weighted by atomic mass is 16.4. The predicted octanol–water partition coefficient (Wildman–Crippen LogP) is 0.297. The summed E-state index contributed by atoms with van der Waals surface area (Å²) in [6.07, 6.45) is 5.20. The third-order valence-electron chi connectivity index (χ3n) is 5.27. The van der Waals surface area contributed by atoms with E-state index in [4.69, 9.17) is 5.26 Å². The van der Waals surface area contributed by atoms with Crippen LogP contribution in [0.3, 0.4) is 0 Å². The molecule has 0 atom stereocenters. The summed E-state index contributed by atoms with van der Waals surface area (Å²) < 4.78 is 2.51. The average Bonchev–Trinajstić information content (AvgIpc) is 2.78. The van der Waals surface area contributed by atoms with Crippen molar-refractivity contribution in [2.75, 3.05) is 18.0 Å². The smallest absolute Gasteiger partial charge is 0.337 e. The number of aryl methyl sites for hydroxylation is 1. The van der Waals surface area contributed by atoms with Crippen LogP contribution in [-0.4, -0.2) is 48.3 Å². The van der Waals surface area contributed by atoms with Crippen LogP contribution in [0.15, 0.2) is 34.2 Å². The van der Waals surface area contributed by atoms with Crippen molar-refractivity contribution in [1.29, 1.82) is 5.26 Å². The van der Waals surface area contributed by atoms with Crippen LogP contribution in [0.4, 0.5) is 5.95 Å². The van der Waals surface area contributed by atoms with Crippen molar-refractivity contribution < 1.29 is 9.90 Å². The first-order valence-corrected chi connectivity index (χ1v) is 9.22. The van der Waals surface area contributed by atoms with E-state index < -0.39 is 17.1 Å². The molecule has 1 saturated heterocycles. The van der Waals surface area contributed by atoms with Crippen molar-refractivity contribution in [3.63, 3.8) is 0 Å². The molecule has 0 unspecified atom stereocenters. The van der Waals surface area contributed by atoms with Gasteiger partial charge in [-0.15, -0.1) is 0 Å². The first-order chi connectivity index (χ1) is 14.4. The van der Waals surface area contributed by atoms with Gasteiger partial charge in [-0.05, 0) is 18.9 Å². The van der Waals surface area contributed by atoms with Crippen LogP contribution in [-0.2, 0) is 7.05 Å². The molecule has 0 amide bonds. The van der Waals surface area contributed by atoms with Crippen molar-refractivity contribution in [1.82, 2.24) is 24.1 Å². The summed E-state index contributed by atoms with van der Waals surface area (Å²) in [6, 6.07) is 3.05. The van der Waals surface area contributed by atoms with Crippen molar-refractivity contribution in [2.45, 2.75) is 18.9 Å². The van der Waals surface area contributed by atoms with E-state index in [0.717, 1.165) is 4.57 Å². The number of hydrogen-bond acceptors (Lipinski definition) is 8. The number of aromatic nitrogens is 5. The zero-order valence-electron chi connectivity index (χ0n) is 16.0. The molecule has 1 aliphatic heterocycles. The summed E-state index contributed by atoms with van der Waals surface area (Å²) in [4.78, 5) is 51.0. The Morgan fingerprint density at radius 2 is 1.80 bits per heavy atom. The van der Waals surface area contributed by atoms with E-state index in [1.165, 1.54) is 36.3 Å². The summed E-state index contributed by atoms with van der Waals surface area (Å²) in [7, 11) is 1.43. The van der Waals surface area contributed by atoms with E-state index in [2.05, 4.69) is 15.0 Å². The molecule has 0 aromatic carbocycles. The molecule has 30 heavy (non-hydrogen) atoms. The van der Waals surface area contributed by atoms with Crippen LogP contribution in [0, 0.1) is 11.3 Å². The van der Waals surface area contributed by atoms with E-state index in [1.807, 2.05) is 11.0 Å². The standard InChI is InChI=1S/C19H17N7O4/c1-24-14-6-12(18(29)30)10-21-15(14)26(17(28)16(24)27)13-2-4-25(5-3-13)19-22-8-11(7-20)9-23-19/h6,8-10,13H,2-5H2,1H3,(H,29,30). The molecule has 0 radical (unpaired) electrons. The van der Waals surface area contributed by atoms with Crippen LogP contribution < -0.4 is 16.0 Å². The van der Waals surface area contributed by atoms with Crippen molar-refractivity contribution in [2.24, 2.45) is 7.05 Å². The van der Waals surface area contributed by atoms with E-state index in [9.17, 15) is 19.5 Å². The second-order valence-electron chi connectivity index (χ2n) is 7.01. The number of pyridine rings is 1. The first kappa shape index (κ1) is 19.3. The molecule has 152 valence electrons. The number of anilines is 1. The fourth-order valence-corrected chi connectivity index (χ4v) is 3.65. The minimum absolute atomic E-state index is 0.0597. The lowest BCUT2D eigenvalue weighted by Gasteiger charge is -2.33. The Morgan fingerprint density at radius 3 is 2.40 bits per heavy atom. The highest BCUT2D eigenvalue weighted by Crippen LogP contribution is 2.25. The second-order valence-corrected chi connectivity index (χ2v) is 7.01. The topological polar surface area (TPSA) is 147 Å². The quantitative estimate of drug-likeness (QED) is 0.605. The highest BCUT2D eigenvalue weighted by molar-refractivity contribution is 5.90. The van der Waals surface area contributed by atoms with Gasteiger partial charge in [0.2, 0.25) is 5.95 Å². The molecule has 0 saturated carbocycles. The fourth-order valence-electron chi connectivity index (χ4n) is 3.65. The van der Waals surface area contributed by atoms with Crippen LogP contribution >= 0.6 is 0 Å². The molecule has 3 aromatic rings. The molecule has 1 fully saturated rings. The zero-order valence-corrected chi connectivity index (χ0v) is 16.0. The molecule has 4 rings (SSSR count). The number of rotatable bonds is 3. The van der Waals surface area contributed by atoms with Gasteiger partial charge in [-0.3, -0.25) is 14.2 Å². The highest BCUT2D eigenvalue weighted by Gasteiger charge is 2.26. The number of piperidine rings is 1. The number of nitrogens with zero attached hydrogens (tertiary/aromatic N) is 7. The lowest BCUT2D eigenvalue weighted by atomic mass is 10.0. The van der Waals surface area contributed by atoms with Crippen molar-refractivity contribution in [3.05, 3.63) is 56.5 Å². The number of carboxylic acid groups (broad SMARTS) is 1. The Hall–Kier alpha value is -4.07. The van der Waals surface area contributed by atoms with Crippen LogP contribution in [0.5, 0.6) is 0 Å². The van der Waals surface area contributed by atoms with Crippen LogP contribution in [0.25, 0.3) is 11.2 Å². The molecule has 3 aromatic heterocycles. The Bertz CT molecular complexity index is 1300. The van der Waals surface area contributed by atoms with E-state index >= 15 is 0 Å². The maximum absolute atomic E-state index is 12.7. The minimum atomic E-state index is -1.16. The van der Waals surface area contributed by atoms with Crippen LogP contribution in [0.2, 0.25) is 0 Å². The van der Waals surface area contributed by atoms with Crippen LogP contribution in [0.1, 0.15) is 34.8 Å². The maximum atomic E-state index is 12.7. The van der Waals surface area contributed by atoms with Gasteiger partial charge in [0.05, 0.1) is 29.0 Å². The fraction of sp³-hybridized carbons (Fsp3) is 0.316. The summed E-state index contributed by atoms with van der Waals surface area (Å²) in [5.41, 5.74) is -0.537. The molecular weight excluding hydrogens is 390 g/mol. The molecule has 4 heterocycles. The van der Waals surface area contributed by atoms with E-state index in [0.29, 0.717) is 37.4 Å². The SMILES string of the molecule is Cn1c(=O)c(=O)n(C2CCN(c3ncc(C#N)cn3)CC2)c2ncc(C(=O)O)cc21. The van der Waals surface area contributed by atoms with E-state index in [-0.39, 0.29) is 22.8 Å². The maximum Gasteiger partial charge on any atom is 0.337 e. The first-order valence-electron chi connectivity index (χ1n) is 9.22. The number of fused-ring (bicyclic) bond motifs is 1. The Balaban J connectivity index is 1.68. The minimum Gasteiger partial charge on any atom is -0.478 e. The molecule has 11 nitrogen and oxygen atoms in total. The van der Waals surface area contributed by atoms with Gasteiger partial charge in [0.15, 0.2) is 5.65 Å². The Morgan fingerprint density at radius 1 is 1.13 bits per heavy atom. The zero-order chi connectivity index (χ0) is 21.4. The lowest BCUT2D eigenvalue weighted by molar-refractivity contribution is 0.0696. The van der Waals surface area contributed by atoms with E-state index in [1.54, 1.807) is 0 Å². The van der Waals surface area contributed by atoms with Gasteiger partial charge in [-0.1, -0.05) is 0 Å². The molecular formula is C19H17N7O4.